The van der Waals surface area contributed by atoms with Gasteiger partial charge in [-0.1, -0.05) is 20.8 Å². The molecule has 4 nitrogen and oxygen atoms in total. The minimum atomic E-state index is -1.25. The molecule has 0 aliphatic carbocycles. The second-order valence-corrected chi connectivity index (χ2v) is 7.57. The predicted octanol–water partition coefficient (Wildman–Crippen LogP) is 2.73. The van der Waals surface area contributed by atoms with Gasteiger partial charge in [0, 0.05) is 17.0 Å². The molecule has 0 radical (unpaired) electrons. The molecule has 2 aromatic heterocycles. The Morgan fingerprint density at radius 2 is 2.16 bits per heavy atom. The van der Waals surface area contributed by atoms with Crippen LogP contribution in [0.2, 0.25) is 0 Å². The fourth-order valence-corrected chi connectivity index (χ4v) is 3.83. The van der Waals surface area contributed by atoms with Gasteiger partial charge in [0.25, 0.3) is 0 Å². The number of pyridine rings is 1. The smallest absolute Gasteiger partial charge is 0.150 e. The maximum Gasteiger partial charge on any atom is 0.150 e. The molecular weight excluding hydrogens is 278 g/mol. The van der Waals surface area contributed by atoms with E-state index in [2.05, 4.69) is 30.7 Å². The van der Waals surface area contributed by atoms with E-state index < -0.39 is 10.8 Å². The molecule has 0 aliphatic rings. The molecule has 2 rings (SSSR count). The summed E-state index contributed by atoms with van der Waals surface area (Å²) in [6.45, 7) is 6.33. The Hall–Kier alpha value is -1.27. The largest absolute Gasteiger partial charge is 0.396 e. The van der Waals surface area contributed by atoms with Gasteiger partial charge in [0.15, 0.2) is 0 Å². The monoisotopic (exact) mass is 295 g/mol. The van der Waals surface area contributed by atoms with Crippen LogP contribution in [-0.2, 0) is 22.0 Å². The van der Waals surface area contributed by atoms with E-state index in [0.717, 1.165) is 10.7 Å². The lowest BCUT2D eigenvalue weighted by atomic mass is 9.93. The highest BCUT2D eigenvalue weighted by Crippen LogP contribution is 2.25. The van der Waals surface area contributed by atoms with Crippen LogP contribution in [0, 0.1) is 0 Å². The quantitative estimate of drug-likeness (QED) is 0.945. The van der Waals surface area contributed by atoms with Crippen LogP contribution in [-0.4, -0.2) is 14.2 Å². The highest BCUT2D eigenvalue weighted by molar-refractivity contribution is 7.84. The van der Waals surface area contributed by atoms with Crippen LogP contribution in [0.3, 0.4) is 0 Å². The maximum atomic E-state index is 12.2. The maximum absolute atomic E-state index is 12.2. The molecule has 0 saturated heterocycles. The summed E-state index contributed by atoms with van der Waals surface area (Å²) < 4.78 is 12.2. The molecule has 0 aliphatic heterocycles. The van der Waals surface area contributed by atoms with Crippen molar-refractivity contribution in [1.82, 2.24) is 9.97 Å². The van der Waals surface area contributed by atoms with Gasteiger partial charge >= 0.3 is 0 Å². The lowest BCUT2D eigenvalue weighted by Gasteiger charge is -2.14. The standard InChI is InChI=1S/C13H17N3OS2/c1-13(2,3)10-7-18-11(16-10)8-19(17)12-9(14)5-4-6-15-12/h4-7H,8,14H2,1-3H3. The number of nitrogens with zero attached hydrogens (tertiary/aromatic N) is 2. The van der Waals surface area contributed by atoms with Crippen molar-refractivity contribution < 1.29 is 4.21 Å². The Morgan fingerprint density at radius 1 is 1.42 bits per heavy atom. The fraction of sp³-hybridized carbons (Fsp3) is 0.385. The summed E-state index contributed by atoms with van der Waals surface area (Å²) in [6, 6.07) is 3.44. The van der Waals surface area contributed by atoms with E-state index in [1.165, 1.54) is 11.3 Å². The van der Waals surface area contributed by atoms with E-state index in [1.54, 1.807) is 18.3 Å². The first-order valence-electron chi connectivity index (χ1n) is 5.91. The van der Waals surface area contributed by atoms with Crippen LogP contribution in [0.25, 0.3) is 0 Å². The molecule has 0 amide bonds. The summed E-state index contributed by atoms with van der Waals surface area (Å²) in [4.78, 5) is 8.62. The summed E-state index contributed by atoms with van der Waals surface area (Å²) in [7, 11) is -1.25. The SMILES string of the molecule is CC(C)(C)c1csc(CS(=O)c2ncccc2N)n1. The molecular formula is C13H17N3OS2. The van der Waals surface area contributed by atoms with E-state index in [9.17, 15) is 4.21 Å². The van der Waals surface area contributed by atoms with Crippen LogP contribution in [0.5, 0.6) is 0 Å². The molecule has 6 heteroatoms. The Balaban J connectivity index is 2.16. The molecule has 19 heavy (non-hydrogen) atoms. The van der Waals surface area contributed by atoms with E-state index in [1.807, 2.05) is 5.38 Å². The molecule has 0 saturated carbocycles. The van der Waals surface area contributed by atoms with Crippen molar-refractivity contribution in [3.8, 4) is 0 Å². The van der Waals surface area contributed by atoms with Gasteiger partial charge in [0.2, 0.25) is 0 Å². The van der Waals surface area contributed by atoms with Crippen LogP contribution in [0.15, 0.2) is 28.7 Å². The van der Waals surface area contributed by atoms with Gasteiger partial charge in [0.1, 0.15) is 10.0 Å². The van der Waals surface area contributed by atoms with Crippen LogP contribution < -0.4 is 5.73 Å². The van der Waals surface area contributed by atoms with E-state index in [0.29, 0.717) is 16.5 Å². The number of aromatic nitrogens is 2. The summed E-state index contributed by atoms with van der Waals surface area (Å²) in [5.41, 5.74) is 7.28. The minimum Gasteiger partial charge on any atom is -0.396 e. The topological polar surface area (TPSA) is 68.9 Å². The van der Waals surface area contributed by atoms with E-state index in [-0.39, 0.29) is 5.41 Å². The number of thiazole rings is 1. The summed E-state index contributed by atoms with van der Waals surface area (Å²) in [5.74, 6) is 0.363. The molecule has 1 unspecified atom stereocenters. The minimum absolute atomic E-state index is 0.0142. The zero-order chi connectivity index (χ0) is 14.0. The summed E-state index contributed by atoms with van der Waals surface area (Å²) >= 11 is 1.53. The second kappa shape index (κ2) is 5.38. The molecule has 1 atom stereocenters. The normalized spacial score (nSPS) is 13.4. The third-order valence-electron chi connectivity index (χ3n) is 2.59. The van der Waals surface area contributed by atoms with Gasteiger partial charge in [-0.3, -0.25) is 4.21 Å². The third kappa shape index (κ3) is 3.39. The lowest BCUT2D eigenvalue weighted by Crippen LogP contribution is -2.11. The molecule has 2 heterocycles. The van der Waals surface area contributed by atoms with Crippen molar-refractivity contribution in [2.45, 2.75) is 37.0 Å². The van der Waals surface area contributed by atoms with Gasteiger partial charge in [-0.05, 0) is 12.1 Å². The van der Waals surface area contributed by atoms with Crippen molar-refractivity contribution in [1.29, 1.82) is 0 Å². The molecule has 0 aromatic carbocycles. The number of hydrogen-bond donors (Lipinski definition) is 1. The first-order chi connectivity index (χ1) is 8.88. The number of rotatable bonds is 3. The lowest BCUT2D eigenvalue weighted by molar-refractivity contribution is 0.571. The average molecular weight is 295 g/mol. The predicted molar refractivity (Wildman–Crippen MR) is 79.6 cm³/mol. The van der Waals surface area contributed by atoms with E-state index in [4.69, 9.17) is 5.73 Å². The number of anilines is 1. The van der Waals surface area contributed by atoms with Crippen molar-refractivity contribution >= 4 is 27.8 Å². The highest BCUT2D eigenvalue weighted by Gasteiger charge is 2.19. The van der Waals surface area contributed by atoms with Crippen molar-refractivity contribution in [3.05, 3.63) is 34.4 Å². The zero-order valence-corrected chi connectivity index (χ0v) is 12.8. The van der Waals surface area contributed by atoms with Crippen LogP contribution >= 0.6 is 11.3 Å². The van der Waals surface area contributed by atoms with Crippen LogP contribution in [0.4, 0.5) is 5.69 Å². The highest BCUT2D eigenvalue weighted by atomic mass is 32.2. The molecule has 102 valence electrons. The van der Waals surface area contributed by atoms with Crippen molar-refractivity contribution in [3.63, 3.8) is 0 Å². The fourth-order valence-electron chi connectivity index (χ4n) is 1.50. The number of nitrogens with two attached hydrogens (primary N) is 1. The van der Waals surface area contributed by atoms with Crippen LogP contribution in [0.1, 0.15) is 31.5 Å². The van der Waals surface area contributed by atoms with Gasteiger partial charge in [-0.25, -0.2) is 9.97 Å². The average Bonchev–Trinajstić information content (AvgIpc) is 2.77. The molecule has 0 bridgehead atoms. The summed E-state index contributed by atoms with van der Waals surface area (Å²) in [5, 5.41) is 3.32. The van der Waals surface area contributed by atoms with Gasteiger partial charge in [-0.2, -0.15) is 0 Å². The molecule has 2 N–H and O–H groups in total. The number of hydrogen-bond acceptors (Lipinski definition) is 5. The Labute approximate surface area is 119 Å². The van der Waals surface area contributed by atoms with Crippen molar-refractivity contribution in [2.75, 3.05) is 5.73 Å². The summed E-state index contributed by atoms with van der Waals surface area (Å²) in [6.07, 6.45) is 1.60. The first-order valence-corrected chi connectivity index (χ1v) is 8.11. The Morgan fingerprint density at radius 3 is 2.74 bits per heavy atom. The van der Waals surface area contributed by atoms with Gasteiger partial charge < -0.3 is 5.73 Å². The van der Waals surface area contributed by atoms with E-state index >= 15 is 0 Å². The van der Waals surface area contributed by atoms with Gasteiger partial charge in [0.05, 0.1) is 27.9 Å². The number of nitrogen functional groups attached to an aromatic ring is 1. The molecule has 2 aromatic rings. The first kappa shape index (κ1) is 14.1. The molecule has 0 spiro atoms. The van der Waals surface area contributed by atoms with Gasteiger partial charge in [-0.15, -0.1) is 11.3 Å². The third-order valence-corrected chi connectivity index (χ3v) is 4.93. The molecule has 0 fully saturated rings. The zero-order valence-electron chi connectivity index (χ0n) is 11.2. The second-order valence-electron chi connectivity index (χ2n) is 5.26. The van der Waals surface area contributed by atoms with Crippen molar-refractivity contribution in [2.24, 2.45) is 0 Å². The Bertz CT molecular complexity index is 602. The Kier molecular flexibility index (Phi) is 4.01.